The van der Waals surface area contributed by atoms with Gasteiger partial charge in [-0.3, -0.25) is 4.55 Å². The molecule has 0 radical (unpaired) electrons. The maximum absolute atomic E-state index is 11.0. The fourth-order valence-corrected chi connectivity index (χ4v) is 1.93. The molecule has 68 valence electrons. The van der Waals surface area contributed by atoms with Crippen LogP contribution in [0.15, 0.2) is 23.8 Å². The van der Waals surface area contributed by atoms with Crippen LogP contribution >= 0.6 is 0 Å². The van der Waals surface area contributed by atoms with Gasteiger partial charge in [0.2, 0.25) is 0 Å². The second-order valence-electron chi connectivity index (χ2n) is 3.19. The van der Waals surface area contributed by atoms with Gasteiger partial charge in [-0.2, -0.15) is 8.42 Å². The molecule has 0 aromatic heterocycles. The van der Waals surface area contributed by atoms with E-state index in [-0.39, 0.29) is 0 Å². The lowest BCUT2D eigenvalue weighted by atomic mass is 9.94. The number of hydrogen-bond acceptors (Lipinski definition) is 2. The molecule has 0 amide bonds. The van der Waals surface area contributed by atoms with Crippen LogP contribution in [0.4, 0.5) is 0 Å². The molecule has 3 nitrogen and oxygen atoms in total. The van der Waals surface area contributed by atoms with Crippen molar-refractivity contribution in [1.29, 1.82) is 0 Å². The third-order valence-electron chi connectivity index (χ3n) is 2.39. The third kappa shape index (κ3) is 1.32. The predicted octanol–water partition coefficient (Wildman–Crippen LogP) is 1.54. The van der Waals surface area contributed by atoms with Gasteiger partial charge < -0.3 is 0 Å². The van der Waals surface area contributed by atoms with Gasteiger partial charge in [-0.05, 0) is 25.8 Å². The molecule has 1 N–H and O–H groups in total. The van der Waals surface area contributed by atoms with Crippen molar-refractivity contribution >= 4 is 10.1 Å². The van der Waals surface area contributed by atoms with Gasteiger partial charge in [-0.15, -0.1) is 0 Å². The third-order valence-corrected chi connectivity index (χ3v) is 4.02. The van der Waals surface area contributed by atoms with E-state index in [0.29, 0.717) is 12.0 Å². The molecule has 0 fully saturated rings. The summed E-state index contributed by atoms with van der Waals surface area (Å²) in [6.07, 6.45) is 5.58. The van der Waals surface area contributed by atoms with Crippen molar-refractivity contribution in [2.75, 3.05) is 0 Å². The van der Waals surface area contributed by atoms with Gasteiger partial charge in [0, 0.05) is 0 Å². The summed E-state index contributed by atoms with van der Waals surface area (Å²) in [6.45, 7) is 3.23. The van der Waals surface area contributed by atoms with Gasteiger partial charge in [0.25, 0.3) is 10.1 Å². The highest BCUT2D eigenvalue weighted by Gasteiger charge is 2.39. The van der Waals surface area contributed by atoms with Crippen molar-refractivity contribution in [3.8, 4) is 0 Å². The van der Waals surface area contributed by atoms with Gasteiger partial charge in [0.1, 0.15) is 4.75 Å². The topological polar surface area (TPSA) is 54.4 Å². The molecule has 0 saturated carbocycles. The fourth-order valence-electron chi connectivity index (χ4n) is 1.15. The van der Waals surface area contributed by atoms with Crippen molar-refractivity contribution in [2.24, 2.45) is 0 Å². The van der Waals surface area contributed by atoms with Crippen molar-refractivity contribution in [2.45, 2.75) is 25.0 Å². The molecule has 1 aliphatic rings. The van der Waals surface area contributed by atoms with Crippen molar-refractivity contribution < 1.29 is 13.0 Å². The summed E-state index contributed by atoms with van der Waals surface area (Å²) >= 11 is 0. The maximum atomic E-state index is 11.0. The SMILES string of the molecule is CC1=CC=CCC1(C)S(=O)(=O)O. The molecule has 4 heteroatoms. The quantitative estimate of drug-likeness (QED) is 0.635. The Morgan fingerprint density at radius 1 is 1.58 bits per heavy atom. The molecule has 1 aliphatic carbocycles. The van der Waals surface area contributed by atoms with Crippen LogP contribution in [0.5, 0.6) is 0 Å². The molecular formula is C8H12O3S. The van der Waals surface area contributed by atoms with E-state index in [2.05, 4.69) is 0 Å². The smallest absolute Gasteiger partial charge is 0.274 e. The van der Waals surface area contributed by atoms with Crippen LogP contribution < -0.4 is 0 Å². The lowest BCUT2D eigenvalue weighted by Crippen LogP contribution is -2.36. The van der Waals surface area contributed by atoms with E-state index in [1.54, 1.807) is 25.2 Å². The Kier molecular flexibility index (Phi) is 2.14. The monoisotopic (exact) mass is 188 g/mol. The zero-order valence-corrected chi connectivity index (χ0v) is 7.93. The number of rotatable bonds is 1. The number of hydrogen-bond donors (Lipinski definition) is 1. The summed E-state index contributed by atoms with van der Waals surface area (Å²) in [5.74, 6) is 0. The van der Waals surface area contributed by atoms with Gasteiger partial charge in [-0.25, -0.2) is 0 Å². The second-order valence-corrected chi connectivity index (χ2v) is 5.04. The first kappa shape index (κ1) is 9.48. The summed E-state index contributed by atoms with van der Waals surface area (Å²) in [7, 11) is -3.99. The van der Waals surface area contributed by atoms with Crippen LogP contribution in [0.25, 0.3) is 0 Å². The average Bonchev–Trinajstić information content (AvgIpc) is 1.93. The molecule has 0 aromatic carbocycles. The maximum Gasteiger partial charge on any atom is 0.274 e. The van der Waals surface area contributed by atoms with E-state index in [1.165, 1.54) is 6.92 Å². The fraction of sp³-hybridized carbons (Fsp3) is 0.500. The minimum Gasteiger partial charge on any atom is -0.285 e. The summed E-state index contributed by atoms with van der Waals surface area (Å²) in [4.78, 5) is 0. The Labute approximate surface area is 72.5 Å². The molecule has 0 spiro atoms. The molecule has 0 aliphatic heterocycles. The molecule has 0 aromatic rings. The normalized spacial score (nSPS) is 30.1. The first-order valence-corrected chi connectivity index (χ1v) is 5.13. The van der Waals surface area contributed by atoms with Crippen molar-refractivity contribution in [3.05, 3.63) is 23.8 Å². The summed E-state index contributed by atoms with van der Waals surface area (Å²) < 4.78 is 29.8. The molecule has 1 rings (SSSR count). The van der Waals surface area contributed by atoms with E-state index in [9.17, 15) is 8.42 Å². The van der Waals surface area contributed by atoms with Gasteiger partial charge in [0.05, 0.1) is 0 Å². The first-order chi connectivity index (χ1) is 5.38. The standard InChI is InChI=1S/C8H12O3S/c1-7-5-3-4-6-8(7,2)12(9,10)11/h3-5H,6H2,1-2H3,(H,9,10,11). The predicted molar refractivity (Wildman–Crippen MR) is 47.5 cm³/mol. The highest BCUT2D eigenvalue weighted by Crippen LogP contribution is 2.31. The van der Waals surface area contributed by atoms with E-state index >= 15 is 0 Å². The van der Waals surface area contributed by atoms with Crippen molar-refractivity contribution in [1.82, 2.24) is 0 Å². The van der Waals surface area contributed by atoms with E-state index < -0.39 is 14.9 Å². The molecule has 0 bridgehead atoms. The van der Waals surface area contributed by atoms with Gasteiger partial charge in [0.15, 0.2) is 0 Å². The van der Waals surface area contributed by atoms with E-state index in [4.69, 9.17) is 4.55 Å². The molecule has 1 atom stereocenters. The average molecular weight is 188 g/mol. The molecule has 1 unspecified atom stereocenters. The zero-order chi connectivity index (χ0) is 9.41. The highest BCUT2D eigenvalue weighted by atomic mass is 32.2. The summed E-state index contributed by atoms with van der Waals surface area (Å²) in [5.41, 5.74) is 0.674. The Bertz CT molecular complexity index is 337. The van der Waals surface area contributed by atoms with E-state index in [0.717, 1.165) is 0 Å². The van der Waals surface area contributed by atoms with Crippen LogP contribution in [-0.4, -0.2) is 17.7 Å². The van der Waals surface area contributed by atoms with Crippen LogP contribution in [0.3, 0.4) is 0 Å². The van der Waals surface area contributed by atoms with Crippen LogP contribution in [0.1, 0.15) is 20.3 Å². The van der Waals surface area contributed by atoms with E-state index in [1.807, 2.05) is 0 Å². The van der Waals surface area contributed by atoms with Crippen LogP contribution in [0.2, 0.25) is 0 Å². The van der Waals surface area contributed by atoms with Gasteiger partial charge >= 0.3 is 0 Å². The van der Waals surface area contributed by atoms with Gasteiger partial charge in [-0.1, -0.05) is 18.2 Å². The lowest BCUT2D eigenvalue weighted by molar-refractivity contribution is 0.447. The second kappa shape index (κ2) is 2.71. The Morgan fingerprint density at radius 3 is 2.50 bits per heavy atom. The molecule has 12 heavy (non-hydrogen) atoms. The molecule has 0 heterocycles. The lowest BCUT2D eigenvalue weighted by Gasteiger charge is -2.27. The molecule has 0 saturated heterocycles. The largest absolute Gasteiger partial charge is 0.285 e. The zero-order valence-electron chi connectivity index (χ0n) is 7.11. The first-order valence-electron chi connectivity index (χ1n) is 3.69. The van der Waals surface area contributed by atoms with Crippen molar-refractivity contribution in [3.63, 3.8) is 0 Å². The molecular weight excluding hydrogens is 176 g/mol. The highest BCUT2D eigenvalue weighted by molar-refractivity contribution is 7.87. The van der Waals surface area contributed by atoms with Crippen LogP contribution in [-0.2, 0) is 10.1 Å². The Hall–Kier alpha value is -0.610. The summed E-state index contributed by atoms with van der Waals surface area (Å²) in [6, 6.07) is 0. The van der Waals surface area contributed by atoms with Crippen LogP contribution in [0, 0.1) is 0 Å². The Balaban J connectivity index is 3.19. The minimum atomic E-state index is -3.99. The minimum absolute atomic E-state index is 0.341. The Morgan fingerprint density at radius 2 is 2.17 bits per heavy atom. The summed E-state index contributed by atoms with van der Waals surface area (Å²) in [5, 5.41) is 0. The number of allylic oxidation sites excluding steroid dienone is 3.